The Morgan fingerprint density at radius 2 is 1.64 bits per heavy atom. The van der Waals surface area contributed by atoms with Crippen molar-refractivity contribution in [3.63, 3.8) is 0 Å². The molecule has 0 aliphatic carbocycles. The molecule has 1 N–H and O–H groups in total. The number of nitrogens with zero attached hydrogens (tertiary/aromatic N) is 1. The van der Waals surface area contributed by atoms with Crippen LogP contribution in [0.5, 0.6) is 28.7 Å². The van der Waals surface area contributed by atoms with Crippen LogP contribution in [0, 0.1) is 0 Å². The summed E-state index contributed by atoms with van der Waals surface area (Å²) in [5.74, 6) is 2.23. The van der Waals surface area contributed by atoms with Gasteiger partial charge in [0.15, 0.2) is 28.1 Å². The van der Waals surface area contributed by atoms with E-state index in [9.17, 15) is 4.79 Å². The van der Waals surface area contributed by atoms with Crippen LogP contribution in [0.25, 0.3) is 10.2 Å². The van der Waals surface area contributed by atoms with Crippen molar-refractivity contribution in [2.24, 2.45) is 0 Å². The molecular weight excluding hydrogens is 384 g/mol. The van der Waals surface area contributed by atoms with Crippen molar-refractivity contribution in [1.29, 1.82) is 0 Å². The van der Waals surface area contributed by atoms with Crippen molar-refractivity contribution in [1.82, 2.24) is 4.98 Å². The van der Waals surface area contributed by atoms with Gasteiger partial charge in [-0.25, -0.2) is 4.98 Å². The fourth-order valence-corrected chi connectivity index (χ4v) is 3.77. The molecule has 1 aromatic heterocycles. The number of amides is 1. The summed E-state index contributed by atoms with van der Waals surface area (Å²) in [6, 6.07) is 6.86. The Hall–Kier alpha value is -3.20. The number of thiazole rings is 1. The maximum absolute atomic E-state index is 12.7. The third-order valence-corrected chi connectivity index (χ3v) is 5.13. The minimum absolute atomic E-state index is 0.337. The van der Waals surface area contributed by atoms with Gasteiger partial charge < -0.3 is 23.7 Å². The molecule has 0 fully saturated rings. The molecule has 2 aromatic carbocycles. The van der Waals surface area contributed by atoms with E-state index in [1.54, 1.807) is 12.1 Å². The number of carbonyl (C=O) groups is 1. The third kappa shape index (κ3) is 3.24. The summed E-state index contributed by atoms with van der Waals surface area (Å²) in [6.07, 6.45) is 0. The number of ether oxygens (including phenoxy) is 5. The first-order valence-corrected chi connectivity index (χ1v) is 9.26. The number of carbonyl (C=O) groups excluding carboxylic acids is 1. The van der Waals surface area contributed by atoms with Gasteiger partial charge in [0.05, 0.1) is 31.5 Å². The Balaban J connectivity index is 1.63. The number of rotatable bonds is 5. The molecule has 0 unspecified atom stereocenters. The smallest absolute Gasteiger partial charge is 0.257 e. The van der Waals surface area contributed by atoms with E-state index in [2.05, 4.69) is 10.3 Å². The Labute approximate surface area is 164 Å². The summed E-state index contributed by atoms with van der Waals surface area (Å²) < 4.78 is 27.9. The minimum Gasteiger partial charge on any atom is -0.493 e. The molecule has 3 aromatic rings. The van der Waals surface area contributed by atoms with Gasteiger partial charge in [0.2, 0.25) is 5.75 Å². The van der Waals surface area contributed by atoms with Crippen molar-refractivity contribution in [3.8, 4) is 28.7 Å². The predicted octanol–water partition coefficient (Wildman–Crippen LogP) is 3.35. The molecule has 0 bridgehead atoms. The average molecular weight is 402 g/mol. The van der Waals surface area contributed by atoms with Crippen LogP contribution in [-0.4, -0.2) is 45.4 Å². The molecular formula is C19H18N2O6S. The largest absolute Gasteiger partial charge is 0.493 e. The molecule has 9 heteroatoms. The zero-order chi connectivity index (χ0) is 19.7. The number of nitrogens with one attached hydrogen (secondary N) is 1. The van der Waals surface area contributed by atoms with E-state index in [1.807, 2.05) is 12.1 Å². The molecule has 1 aliphatic heterocycles. The van der Waals surface area contributed by atoms with E-state index in [4.69, 9.17) is 23.7 Å². The van der Waals surface area contributed by atoms with Gasteiger partial charge in [0, 0.05) is 17.7 Å². The minimum atomic E-state index is -0.337. The second kappa shape index (κ2) is 7.43. The van der Waals surface area contributed by atoms with Gasteiger partial charge >= 0.3 is 0 Å². The van der Waals surface area contributed by atoms with E-state index in [0.29, 0.717) is 52.7 Å². The molecule has 1 aliphatic rings. The molecule has 0 atom stereocenters. The van der Waals surface area contributed by atoms with Crippen LogP contribution in [0.2, 0.25) is 0 Å². The number of benzene rings is 2. The highest BCUT2D eigenvalue weighted by atomic mass is 32.1. The fraction of sp³-hybridized carbons (Fsp3) is 0.263. The lowest BCUT2D eigenvalue weighted by Gasteiger charge is -2.17. The topological polar surface area (TPSA) is 88.1 Å². The van der Waals surface area contributed by atoms with Crippen LogP contribution < -0.4 is 29.0 Å². The second-order valence-electron chi connectivity index (χ2n) is 5.85. The van der Waals surface area contributed by atoms with Crippen molar-refractivity contribution in [2.45, 2.75) is 0 Å². The Bertz CT molecular complexity index is 980. The maximum atomic E-state index is 12.7. The molecule has 8 nitrogen and oxygen atoms in total. The highest BCUT2D eigenvalue weighted by Gasteiger charge is 2.19. The summed E-state index contributed by atoms with van der Waals surface area (Å²) in [7, 11) is 4.51. The third-order valence-electron chi connectivity index (χ3n) is 4.20. The second-order valence-corrected chi connectivity index (χ2v) is 6.88. The molecule has 4 rings (SSSR count). The first-order valence-electron chi connectivity index (χ1n) is 8.44. The summed E-state index contributed by atoms with van der Waals surface area (Å²) >= 11 is 1.35. The summed E-state index contributed by atoms with van der Waals surface area (Å²) in [6.45, 7) is 1.02. The van der Waals surface area contributed by atoms with Crippen LogP contribution in [-0.2, 0) is 0 Å². The highest BCUT2D eigenvalue weighted by Crippen LogP contribution is 2.40. The summed E-state index contributed by atoms with van der Waals surface area (Å²) in [5, 5.41) is 3.28. The van der Waals surface area contributed by atoms with E-state index >= 15 is 0 Å². The number of hydrogen-bond acceptors (Lipinski definition) is 8. The van der Waals surface area contributed by atoms with Crippen LogP contribution in [0.1, 0.15) is 10.4 Å². The van der Waals surface area contributed by atoms with Gasteiger partial charge in [0.1, 0.15) is 13.2 Å². The van der Waals surface area contributed by atoms with Crippen LogP contribution in [0.15, 0.2) is 24.3 Å². The molecule has 0 saturated heterocycles. The molecule has 0 radical (unpaired) electrons. The van der Waals surface area contributed by atoms with E-state index in [0.717, 1.165) is 10.2 Å². The average Bonchev–Trinajstić information content (AvgIpc) is 3.11. The van der Waals surface area contributed by atoms with Crippen molar-refractivity contribution >= 4 is 32.6 Å². The fourth-order valence-electron chi connectivity index (χ4n) is 2.90. The number of fused-ring (bicyclic) bond motifs is 2. The Kier molecular flexibility index (Phi) is 4.82. The van der Waals surface area contributed by atoms with Crippen molar-refractivity contribution in [2.75, 3.05) is 39.9 Å². The van der Waals surface area contributed by atoms with E-state index in [1.165, 1.54) is 32.7 Å². The van der Waals surface area contributed by atoms with Crippen LogP contribution in [0.4, 0.5) is 5.13 Å². The number of aromatic nitrogens is 1. The molecule has 2 heterocycles. The molecule has 28 heavy (non-hydrogen) atoms. The zero-order valence-electron chi connectivity index (χ0n) is 15.5. The lowest BCUT2D eigenvalue weighted by Crippen LogP contribution is -2.15. The lowest BCUT2D eigenvalue weighted by atomic mass is 10.1. The first kappa shape index (κ1) is 18.2. The monoisotopic (exact) mass is 402 g/mol. The normalized spacial score (nSPS) is 12.5. The van der Waals surface area contributed by atoms with Crippen molar-refractivity contribution < 1.29 is 28.5 Å². The van der Waals surface area contributed by atoms with Gasteiger partial charge in [0.25, 0.3) is 5.91 Å². The number of hydrogen-bond donors (Lipinski definition) is 1. The van der Waals surface area contributed by atoms with Gasteiger partial charge in [-0.1, -0.05) is 11.3 Å². The Morgan fingerprint density at radius 3 is 2.25 bits per heavy atom. The van der Waals surface area contributed by atoms with E-state index in [-0.39, 0.29) is 5.91 Å². The summed E-state index contributed by atoms with van der Waals surface area (Å²) in [4.78, 5) is 17.2. The zero-order valence-corrected chi connectivity index (χ0v) is 16.3. The predicted molar refractivity (Wildman–Crippen MR) is 105 cm³/mol. The quantitative estimate of drug-likeness (QED) is 0.700. The van der Waals surface area contributed by atoms with Crippen molar-refractivity contribution in [3.05, 3.63) is 29.8 Å². The van der Waals surface area contributed by atoms with E-state index < -0.39 is 0 Å². The highest BCUT2D eigenvalue weighted by molar-refractivity contribution is 7.22. The van der Waals surface area contributed by atoms with Gasteiger partial charge in [-0.3, -0.25) is 10.1 Å². The number of methoxy groups -OCH3 is 3. The molecule has 0 spiro atoms. The van der Waals surface area contributed by atoms with Gasteiger partial charge in [-0.2, -0.15) is 0 Å². The molecule has 0 saturated carbocycles. The molecule has 1 amide bonds. The van der Waals surface area contributed by atoms with Crippen LogP contribution >= 0.6 is 11.3 Å². The summed E-state index contributed by atoms with van der Waals surface area (Å²) in [5.41, 5.74) is 1.09. The SMILES string of the molecule is COc1cc(C(=O)Nc2nc3cc4c(cc3s2)OCCO4)cc(OC)c1OC. The Morgan fingerprint density at radius 1 is 1.00 bits per heavy atom. The number of anilines is 1. The van der Waals surface area contributed by atoms with Gasteiger partial charge in [-0.15, -0.1) is 0 Å². The maximum Gasteiger partial charge on any atom is 0.257 e. The van der Waals surface area contributed by atoms with Gasteiger partial charge in [-0.05, 0) is 12.1 Å². The van der Waals surface area contributed by atoms with Crippen LogP contribution in [0.3, 0.4) is 0 Å². The standard InChI is InChI=1S/C19H18N2O6S/c1-23-14-6-10(7-15(24-2)17(14)25-3)18(22)21-19-20-11-8-12-13(9-16(11)28-19)27-5-4-26-12/h6-9H,4-5H2,1-3H3,(H,20,21,22). The molecule has 146 valence electrons. The lowest BCUT2D eigenvalue weighted by molar-refractivity contribution is 0.102. The first-order chi connectivity index (χ1) is 13.6.